The summed E-state index contributed by atoms with van der Waals surface area (Å²) in [7, 11) is 0. The molecule has 5 aromatic rings. The van der Waals surface area contributed by atoms with E-state index in [0.717, 1.165) is 0 Å². The highest BCUT2D eigenvalue weighted by molar-refractivity contribution is 6.41. The van der Waals surface area contributed by atoms with Crippen molar-refractivity contribution in [2.45, 2.75) is 12.1 Å². The van der Waals surface area contributed by atoms with E-state index >= 15 is 0 Å². The zero-order valence-corrected chi connectivity index (χ0v) is 21.7. The molecule has 0 saturated heterocycles. The Kier molecular flexibility index (Phi) is 5.14. The summed E-state index contributed by atoms with van der Waals surface area (Å²) in [5, 5.41) is 41.0. The number of carbonyl (C=O) groups is 8. The smallest absolute Gasteiger partial charge is 0.338 e. The summed E-state index contributed by atoms with van der Waals surface area (Å²) in [4.78, 5) is 101. The third-order valence-corrected chi connectivity index (χ3v) is 8.15. The normalized spacial score (nSPS) is 14.7. The summed E-state index contributed by atoms with van der Waals surface area (Å²) in [6, 6.07) is 6.47. The molecule has 0 fully saturated rings. The van der Waals surface area contributed by atoms with Crippen LogP contribution in [-0.2, 0) is 19.2 Å². The second kappa shape index (κ2) is 8.54. The van der Waals surface area contributed by atoms with E-state index in [9.17, 15) is 58.8 Å². The standard InChI is InChI=1S/C30H14N2O12/c33-23-13-5-1-9-10-2-6-15-20-16(26(36)32(25(15)35)22(29(41)42)30(43)44)8-4-12(18(10)20)11-3-7-14(19(13)17(9)11)24(34)31(23)21(27(37)38)28(39)40/h1-8,21-22H,(H,37,38)(H,39,40)(H,41,42)(H,43,44). The fourth-order valence-corrected chi connectivity index (χ4v) is 6.43. The van der Waals surface area contributed by atoms with Crippen LogP contribution in [0.2, 0.25) is 0 Å². The first-order valence-electron chi connectivity index (χ1n) is 12.7. The Bertz CT molecular complexity index is 2000. The van der Waals surface area contributed by atoms with Gasteiger partial charge in [0, 0.05) is 33.0 Å². The molecule has 14 nitrogen and oxygen atoms in total. The third-order valence-electron chi connectivity index (χ3n) is 8.15. The van der Waals surface area contributed by atoms with E-state index in [1.54, 1.807) is 0 Å². The summed E-state index contributed by atoms with van der Waals surface area (Å²) in [6.45, 7) is 0. The fourth-order valence-electron chi connectivity index (χ4n) is 6.43. The Hall–Kier alpha value is -6.44. The number of fused-ring (bicyclic) bond motifs is 2. The minimum absolute atomic E-state index is 0.101. The average molecular weight is 594 g/mol. The highest BCUT2D eigenvalue weighted by Gasteiger charge is 2.47. The number of rotatable bonds is 6. The lowest BCUT2D eigenvalue weighted by Gasteiger charge is -2.31. The monoisotopic (exact) mass is 594 g/mol. The predicted octanol–water partition coefficient (Wildman–Crippen LogP) is 2.00. The maximum atomic E-state index is 13.4. The molecule has 4 N–H and O–H groups in total. The van der Waals surface area contributed by atoms with Gasteiger partial charge in [-0.05, 0) is 56.6 Å². The molecule has 0 unspecified atom stereocenters. The molecule has 7 rings (SSSR count). The fraction of sp³-hybridized carbons (Fsp3) is 0.0667. The van der Waals surface area contributed by atoms with E-state index in [1.807, 2.05) is 0 Å². The average Bonchev–Trinajstić information content (AvgIpc) is 2.97. The van der Waals surface area contributed by atoms with E-state index in [2.05, 4.69) is 0 Å². The van der Waals surface area contributed by atoms with Gasteiger partial charge in [0.1, 0.15) is 0 Å². The van der Waals surface area contributed by atoms with Crippen molar-refractivity contribution < 1.29 is 58.8 Å². The van der Waals surface area contributed by atoms with Gasteiger partial charge in [-0.1, -0.05) is 24.3 Å². The molecule has 0 radical (unpaired) electrons. The summed E-state index contributed by atoms with van der Waals surface area (Å²) in [5.74, 6) is -12.0. The van der Waals surface area contributed by atoms with Crippen molar-refractivity contribution in [2.24, 2.45) is 0 Å². The number of aliphatic carboxylic acids is 4. The second-order valence-electron chi connectivity index (χ2n) is 10.3. The minimum Gasteiger partial charge on any atom is -0.479 e. The van der Waals surface area contributed by atoms with Crippen LogP contribution in [0.3, 0.4) is 0 Å². The molecule has 5 aromatic carbocycles. The molecule has 14 heteroatoms. The minimum atomic E-state index is -2.46. The van der Waals surface area contributed by atoms with Gasteiger partial charge < -0.3 is 20.4 Å². The van der Waals surface area contributed by atoms with Gasteiger partial charge in [-0.3, -0.25) is 19.2 Å². The van der Waals surface area contributed by atoms with Crippen LogP contribution in [0, 0.1) is 0 Å². The van der Waals surface area contributed by atoms with Crippen LogP contribution < -0.4 is 0 Å². The lowest BCUT2D eigenvalue weighted by molar-refractivity contribution is -0.155. The summed E-state index contributed by atoms with van der Waals surface area (Å²) >= 11 is 0. The maximum Gasteiger partial charge on any atom is 0.338 e. The number of carboxylic acids is 4. The van der Waals surface area contributed by atoms with Crippen molar-refractivity contribution in [3.63, 3.8) is 0 Å². The van der Waals surface area contributed by atoms with Gasteiger partial charge in [-0.25, -0.2) is 29.0 Å². The van der Waals surface area contributed by atoms with Crippen LogP contribution >= 0.6 is 0 Å². The Labute approximate surface area is 242 Å². The van der Waals surface area contributed by atoms with Crippen LogP contribution in [0.4, 0.5) is 0 Å². The molecule has 4 amide bonds. The van der Waals surface area contributed by atoms with E-state index in [4.69, 9.17) is 0 Å². The Morgan fingerprint density at radius 2 is 0.636 bits per heavy atom. The number of nitrogens with zero attached hydrogens (tertiary/aromatic N) is 2. The number of hydrogen-bond acceptors (Lipinski definition) is 8. The van der Waals surface area contributed by atoms with Crippen LogP contribution in [0.1, 0.15) is 41.4 Å². The first-order valence-corrected chi connectivity index (χ1v) is 12.7. The van der Waals surface area contributed by atoms with E-state index in [0.29, 0.717) is 32.3 Å². The van der Waals surface area contributed by atoms with Crippen LogP contribution in [0.15, 0.2) is 48.5 Å². The lowest BCUT2D eigenvalue weighted by atomic mass is 9.82. The molecule has 0 aromatic heterocycles. The Balaban J connectivity index is 1.53. The van der Waals surface area contributed by atoms with Crippen LogP contribution in [-0.4, -0.2) is 89.8 Å². The summed E-state index contributed by atoms with van der Waals surface area (Å²) in [5.41, 5.74) is -0.403. The molecule has 0 aliphatic carbocycles. The molecule has 216 valence electrons. The summed E-state index contributed by atoms with van der Waals surface area (Å²) < 4.78 is 0. The number of hydrogen-bond donors (Lipinski definition) is 4. The molecule has 2 aliphatic heterocycles. The summed E-state index contributed by atoms with van der Waals surface area (Å²) in [6.07, 6.45) is 0. The highest BCUT2D eigenvalue weighted by atomic mass is 16.4. The lowest BCUT2D eigenvalue weighted by Crippen LogP contribution is -2.54. The van der Waals surface area contributed by atoms with Crippen molar-refractivity contribution in [1.29, 1.82) is 0 Å². The number of carboxylic acid groups (broad SMARTS) is 4. The molecule has 0 saturated carbocycles. The first-order chi connectivity index (χ1) is 20.9. The van der Waals surface area contributed by atoms with Gasteiger partial charge in [-0.15, -0.1) is 0 Å². The number of benzene rings is 5. The molecule has 0 atom stereocenters. The molecular formula is C30H14N2O12. The van der Waals surface area contributed by atoms with E-state index < -0.39 is 59.6 Å². The zero-order valence-electron chi connectivity index (χ0n) is 21.7. The molecule has 44 heavy (non-hydrogen) atoms. The quantitative estimate of drug-likeness (QED) is 0.0959. The second-order valence-corrected chi connectivity index (χ2v) is 10.3. The molecule has 0 spiro atoms. The topological polar surface area (TPSA) is 224 Å². The van der Waals surface area contributed by atoms with Crippen molar-refractivity contribution in [3.05, 3.63) is 70.8 Å². The predicted molar refractivity (Wildman–Crippen MR) is 147 cm³/mol. The van der Waals surface area contributed by atoms with Gasteiger partial charge >= 0.3 is 23.9 Å². The van der Waals surface area contributed by atoms with Crippen LogP contribution in [0.25, 0.3) is 43.1 Å². The number of imide groups is 2. The largest absolute Gasteiger partial charge is 0.479 e. The van der Waals surface area contributed by atoms with Gasteiger partial charge in [0.2, 0.25) is 12.1 Å². The number of carbonyl (C=O) groups excluding carboxylic acids is 4. The molecule has 2 aliphatic rings. The molecule has 0 bridgehead atoms. The first kappa shape index (κ1) is 26.5. The third kappa shape index (κ3) is 3.07. The maximum absolute atomic E-state index is 13.4. The van der Waals surface area contributed by atoms with Gasteiger partial charge in [0.25, 0.3) is 23.6 Å². The van der Waals surface area contributed by atoms with E-state index in [-0.39, 0.29) is 42.8 Å². The molecular weight excluding hydrogens is 580 g/mol. The van der Waals surface area contributed by atoms with Gasteiger partial charge in [0.05, 0.1) is 0 Å². The SMILES string of the molecule is O=C(O)C(C(=O)O)N1C(=O)c2ccc3c4ccc5c6c(ccc(c7ccc(c2c37)C1=O)c64)C(=O)N(C(C(=O)O)C(=O)O)C5=O. The van der Waals surface area contributed by atoms with Crippen molar-refractivity contribution >= 4 is 90.6 Å². The van der Waals surface area contributed by atoms with Gasteiger partial charge in [-0.2, -0.15) is 0 Å². The zero-order chi connectivity index (χ0) is 31.5. The highest BCUT2D eigenvalue weighted by Crippen LogP contribution is 2.46. The van der Waals surface area contributed by atoms with Crippen molar-refractivity contribution in [1.82, 2.24) is 9.80 Å². The molecule has 2 heterocycles. The van der Waals surface area contributed by atoms with Crippen LogP contribution in [0.5, 0.6) is 0 Å². The van der Waals surface area contributed by atoms with E-state index in [1.165, 1.54) is 48.5 Å². The Morgan fingerprint density at radius 1 is 0.409 bits per heavy atom. The van der Waals surface area contributed by atoms with Crippen molar-refractivity contribution in [3.8, 4) is 0 Å². The van der Waals surface area contributed by atoms with Gasteiger partial charge in [0.15, 0.2) is 0 Å². The number of amides is 4. The van der Waals surface area contributed by atoms with Crippen molar-refractivity contribution in [2.75, 3.05) is 0 Å². The Morgan fingerprint density at radius 3 is 0.841 bits per heavy atom.